The fourth-order valence-corrected chi connectivity index (χ4v) is 3.87. The van der Waals surface area contributed by atoms with Gasteiger partial charge in [-0.05, 0) is 69.7 Å². The number of carbonyl (C=O) groups is 3. The first-order chi connectivity index (χ1) is 13.4. The Morgan fingerprint density at radius 3 is 2.75 bits per heavy atom. The SMILES string of the molecule is COc1ccc(/C=C2/SC(=O)N(CC(=O)Nc3cccc(F)c3)C2=O)cc1Br. The van der Waals surface area contributed by atoms with Gasteiger partial charge in [-0.2, -0.15) is 0 Å². The minimum atomic E-state index is -0.596. The molecule has 3 rings (SSSR count). The van der Waals surface area contributed by atoms with Crippen LogP contribution in [0.25, 0.3) is 6.08 Å². The maximum Gasteiger partial charge on any atom is 0.294 e. The highest BCUT2D eigenvalue weighted by Gasteiger charge is 2.36. The second-order valence-electron chi connectivity index (χ2n) is 5.72. The fraction of sp³-hybridized carbons (Fsp3) is 0.105. The van der Waals surface area contributed by atoms with Crippen molar-refractivity contribution in [2.45, 2.75) is 0 Å². The lowest BCUT2D eigenvalue weighted by molar-refractivity contribution is -0.127. The summed E-state index contributed by atoms with van der Waals surface area (Å²) in [6.07, 6.45) is 1.57. The van der Waals surface area contributed by atoms with Gasteiger partial charge in [0.15, 0.2) is 0 Å². The van der Waals surface area contributed by atoms with Crippen LogP contribution >= 0.6 is 27.7 Å². The Hall–Kier alpha value is -2.65. The van der Waals surface area contributed by atoms with Gasteiger partial charge in [0.25, 0.3) is 11.1 Å². The molecule has 1 aliphatic rings. The van der Waals surface area contributed by atoms with E-state index in [1.807, 2.05) is 0 Å². The average molecular weight is 465 g/mol. The van der Waals surface area contributed by atoms with E-state index >= 15 is 0 Å². The highest BCUT2D eigenvalue weighted by molar-refractivity contribution is 9.10. The van der Waals surface area contributed by atoms with Gasteiger partial charge in [-0.3, -0.25) is 19.3 Å². The van der Waals surface area contributed by atoms with Crippen LogP contribution in [0.15, 0.2) is 51.8 Å². The molecule has 9 heteroatoms. The van der Waals surface area contributed by atoms with Crippen LogP contribution in [0.1, 0.15) is 5.56 Å². The first-order valence-electron chi connectivity index (χ1n) is 8.01. The van der Waals surface area contributed by atoms with Gasteiger partial charge in [-0.25, -0.2) is 4.39 Å². The maximum absolute atomic E-state index is 13.2. The largest absolute Gasteiger partial charge is 0.496 e. The Morgan fingerprint density at radius 1 is 1.29 bits per heavy atom. The molecule has 2 aromatic carbocycles. The molecule has 0 atom stereocenters. The number of ether oxygens (including phenoxy) is 1. The summed E-state index contributed by atoms with van der Waals surface area (Å²) < 4.78 is 19.1. The monoisotopic (exact) mass is 464 g/mol. The van der Waals surface area contributed by atoms with Crippen LogP contribution in [0.3, 0.4) is 0 Å². The van der Waals surface area contributed by atoms with E-state index in [0.717, 1.165) is 22.7 Å². The average Bonchev–Trinajstić information content (AvgIpc) is 2.89. The Kier molecular flexibility index (Phi) is 6.15. The van der Waals surface area contributed by atoms with Crippen molar-refractivity contribution in [2.24, 2.45) is 0 Å². The number of hydrogen-bond donors (Lipinski definition) is 1. The van der Waals surface area contributed by atoms with Crippen LogP contribution < -0.4 is 10.1 Å². The Labute approximate surface area is 172 Å². The van der Waals surface area contributed by atoms with Gasteiger partial charge in [0.1, 0.15) is 18.1 Å². The normalized spacial score (nSPS) is 15.2. The van der Waals surface area contributed by atoms with Gasteiger partial charge in [0.2, 0.25) is 5.91 Å². The number of hydrogen-bond acceptors (Lipinski definition) is 5. The minimum absolute atomic E-state index is 0.209. The van der Waals surface area contributed by atoms with Gasteiger partial charge in [0.05, 0.1) is 16.5 Å². The first kappa shape index (κ1) is 20.1. The van der Waals surface area contributed by atoms with Gasteiger partial charge < -0.3 is 10.1 Å². The predicted molar refractivity (Wildman–Crippen MR) is 108 cm³/mol. The smallest absolute Gasteiger partial charge is 0.294 e. The van der Waals surface area contributed by atoms with Gasteiger partial charge >= 0.3 is 0 Å². The summed E-state index contributed by atoms with van der Waals surface area (Å²) in [6.45, 7) is -0.454. The van der Waals surface area contributed by atoms with Crippen molar-refractivity contribution in [3.63, 3.8) is 0 Å². The molecule has 0 bridgehead atoms. The number of carbonyl (C=O) groups excluding carboxylic acids is 3. The lowest BCUT2D eigenvalue weighted by Crippen LogP contribution is -2.36. The number of anilines is 1. The van der Waals surface area contributed by atoms with Crippen molar-refractivity contribution in [3.05, 3.63) is 63.2 Å². The number of nitrogens with zero attached hydrogens (tertiary/aromatic N) is 1. The van der Waals surface area contributed by atoms with Crippen LogP contribution in [0, 0.1) is 5.82 Å². The van der Waals surface area contributed by atoms with Crippen molar-refractivity contribution in [2.75, 3.05) is 19.0 Å². The number of imide groups is 1. The second kappa shape index (κ2) is 8.57. The van der Waals surface area contributed by atoms with E-state index in [-0.39, 0.29) is 10.6 Å². The number of halogens is 2. The van der Waals surface area contributed by atoms with Gasteiger partial charge in [0, 0.05) is 5.69 Å². The molecular formula is C19H14BrFN2O4S. The molecule has 144 valence electrons. The number of rotatable bonds is 5. The molecule has 2 aromatic rings. The summed E-state index contributed by atoms with van der Waals surface area (Å²) in [5, 5.41) is 1.92. The third kappa shape index (κ3) is 4.60. The van der Waals surface area contributed by atoms with Crippen LogP contribution in [0.2, 0.25) is 0 Å². The number of methoxy groups -OCH3 is 1. The quantitative estimate of drug-likeness (QED) is 0.668. The number of amides is 3. The number of nitrogens with one attached hydrogen (secondary N) is 1. The zero-order valence-electron chi connectivity index (χ0n) is 14.6. The molecule has 1 aliphatic heterocycles. The zero-order chi connectivity index (χ0) is 20.3. The van der Waals surface area contributed by atoms with Crippen LogP contribution in [-0.4, -0.2) is 35.6 Å². The molecular weight excluding hydrogens is 451 g/mol. The summed E-state index contributed by atoms with van der Waals surface area (Å²) in [7, 11) is 1.54. The summed E-state index contributed by atoms with van der Waals surface area (Å²) in [5.41, 5.74) is 0.943. The third-order valence-corrected chi connectivity index (χ3v) is 5.28. The van der Waals surface area contributed by atoms with E-state index in [4.69, 9.17) is 4.74 Å². The van der Waals surface area contributed by atoms with E-state index in [9.17, 15) is 18.8 Å². The van der Waals surface area contributed by atoms with Crippen molar-refractivity contribution in [1.29, 1.82) is 0 Å². The molecule has 1 heterocycles. The maximum atomic E-state index is 13.2. The fourth-order valence-electron chi connectivity index (χ4n) is 2.47. The molecule has 1 fully saturated rings. The lowest BCUT2D eigenvalue weighted by Gasteiger charge is -2.12. The van der Waals surface area contributed by atoms with E-state index in [2.05, 4.69) is 21.2 Å². The number of thioether (sulfide) groups is 1. The van der Waals surface area contributed by atoms with E-state index in [1.165, 1.54) is 18.2 Å². The Balaban J connectivity index is 1.71. The van der Waals surface area contributed by atoms with E-state index < -0.39 is 29.4 Å². The molecule has 0 saturated carbocycles. The Morgan fingerprint density at radius 2 is 2.07 bits per heavy atom. The molecule has 0 unspecified atom stereocenters. The number of benzene rings is 2. The lowest BCUT2D eigenvalue weighted by atomic mass is 10.2. The molecule has 0 spiro atoms. The molecule has 1 saturated heterocycles. The second-order valence-corrected chi connectivity index (χ2v) is 7.57. The molecule has 0 aliphatic carbocycles. The zero-order valence-corrected chi connectivity index (χ0v) is 17.0. The van der Waals surface area contributed by atoms with Crippen molar-refractivity contribution >= 4 is 56.5 Å². The third-order valence-electron chi connectivity index (χ3n) is 3.76. The van der Waals surface area contributed by atoms with Crippen LogP contribution in [0.5, 0.6) is 5.75 Å². The van der Waals surface area contributed by atoms with E-state index in [1.54, 1.807) is 31.4 Å². The van der Waals surface area contributed by atoms with Crippen molar-refractivity contribution in [3.8, 4) is 5.75 Å². The molecule has 3 amide bonds. The molecule has 6 nitrogen and oxygen atoms in total. The van der Waals surface area contributed by atoms with E-state index in [0.29, 0.717) is 15.8 Å². The summed E-state index contributed by atoms with van der Waals surface area (Å²) in [4.78, 5) is 37.8. The van der Waals surface area contributed by atoms with Crippen molar-refractivity contribution < 1.29 is 23.5 Å². The molecule has 0 aromatic heterocycles. The van der Waals surface area contributed by atoms with Gasteiger partial charge in [-0.1, -0.05) is 12.1 Å². The summed E-state index contributed by atoms with van der Waals surface area (Å²) >= 11 is 4.12. The summed E-state index contributed by atoms with van der Waals surface area (Å²) in [5.74, 6) is -1.02. The summed E-state index contributed by atoms with van der Waals surface area (Å²) in [6, 6.07) is 10.6. The standard InChI is InChI=1S/C19H14BrFN2O4S/c1-27-15-6-5-11(7-14(15)20)8-16-18(25)23(19(26)28-16)10-17(24)22-13-4-2-3-12(21)9-13/h2-9H,10H2,1H3,(H,22,24)/b16-8+. The van der Waals surface area contributed by atoms with Crippen LogP contribution in [-0.2, 0) is 9.59 Å². The first-order valence-corrected chi connectivity index (χ1v) is 9.62. The molecule has 0 radical (unpaired) electrons. The van der Waals surface area contributed by atoms with Crippen molar-refractivity contribution in [1.82, 2.24) is 4.90 Å². The predicted octanol–water partition coefficient (Wildman–Crippen LogP) is 4.27. The topological polar surface area (TPSA) is 75.7 Å². The highest BCUT2D eigenvalue weighted by atomic mass is 79.9. The molecule has 1 N–H and O–H groups in total. The van der Waals surface area contributed by atoms with Gasteiger partial charge in [-0.15, -0.1) is 0 Å². The van der Waals surface area contributed by atoms with Crippen LogP contribution in [0.4, 0.5) is 14.9 Å². The Bertz CT molecular complexity index is 996. The highest BCUT2D eigenvalue weighted by Crippen LogP contribution is 2.33. The molecule has 28 heavy (non-hydrogen) atoms. The minimum Gasteiger partial charge on any atom is -0.496 e.